The third kappa shape index (κ3) is 4.49. The quantitative estimate of drug-likeness (QED) is 0.400. The van der Waals surface area contributed by atoms with Crippen molar-refractivity contribution < 1.29 is 9.21 Å². The van der Waals surface area contributed by atoms with Crippen LogP contribution in [0.1, 0.15) is 32.6 Å². The maximum Gasteiger partial charge on any atom is 0.257 e. The lowest BCUT2D eigenvalue weighted by atomic mass is 10.1. The van der Waals surface area contributed by atoms with Crippen molar-refractivity contribution in [2.75, 3.05) is 5.32 Å². The topological polar surface area (TPSA) is 67.2 Å². The van der Waals surface area contributed by atoms with Crippen LogP contribution in [-0.2, 0) is 0 Å². The molecule has 5 nitrogen and oxygen atoms in total. The van der Waals surface area contributed by atoms with Gasteiger partial charge >= 0.3 is 0 Å². The lowest BCUT2D eigenvalue weighted by Gasteiger charge is -2.12. The van der Waals surface area contributed by atoms with Gasteiger partial charge in [0.1, 0.15) is 5.52 Å². The van der Waals surface area contributed by atoms with Gasteiger partial charge in [-0.05, 0) is 93.0 Å². The van der Waals surface area contributed by atoms with Crippen LogP contribution >= 0.6 is 12.2 Å². The van der Waals surface area contributed by atoms with E-state index in [1.807, 2.05) is 56.3 Å². The molecule has 0 saturated heterocycles. The molecule has 2 N–H and O–H groups in total. The highest BCUT2D eigenvalue weighted by Gasteiger charge is 2.13. The van der Waals surface area contributed by atoms with Gasteiger partial charge in [0.2, 0.25) is 5.89 Å². The van der Waals surface area contributed by atoms with E-state index in [1.165, 1.54) is 5.56 Å². The van der Waals surface area contributed by atoms with Crippen molar-refractivity contribution in [1.29, 1.82) is 0 Å². The average molecular weight is 430 g/mol. The number of anilines is 1. The van der Waals surface area contributed by atoms with Gasteiger partial charge in [0.05, 0.1) is 0 Å². The van der Waals surface area contributed by atoms with Crippen LogP contribution < -0.4 is 10.6 Å². The average Bonchev–Trinajstić information content (AvgIpc) is 3.13. The summed E-state index contributed by atoms with van der Waals surface area (Å²) in [4.78, 5) is 17.1. The van der Waals surface area contributed by atoms with Gasteiger partial charge < -0.3 is 9.73 Å². The molecule has 156 valence electrons. The van der Waals surface area contributed by atoms with Crippen molar-refractivity contribution in [3.05, 3.63) is 82.4 Å². The van der Waals surface area contributed by atoms with E-state index >= 15 is 0 Å². The second kappa shape index (κ2) is 8.32. The van der Waals surface area contributed by atoms with Crippen LogP contribution in [0.3, 0.4) is 0 Å². The molecule has 6 heteroatoms. The monoisotopic (exact) mass is 429 g/mol. The summed E-state index contributed by atoms with van der Waals surface area (Å²) in [6, 6.07) is 17.2. The second-order valence-corrected chi connectivity index (χ2v) is 8.14. The zero-order chi connectivity index (χ0) is 22.1. The van der Waals surface area contributed by atoms with Crippen LogP contribution in [0.5, 0.6) is 0 Å². The Balaban J connectivity index is 1.54. The first-order chi connectivity index (χ1) is 14.8. The van der Waals surface area contributed by atoms with E-state index in [4.69, 9.17) is 16.6 Å². The van der Waals surface area contributed by atoms with Crippen molar-refractivity contribution in [3.63, 3.8) is 0 Å². The SMILES string of the molecule is Cc1ccc(C(=O)NC(=S)Nc2cc(-c3nc4cc(C)c(C)cc4o3)ccc2C)cc1. The first-order valence-corrected chi connectivity index (χ1v) is 10.4. The number of rotatable bonds is 3. The predicted octanol–water partition coefficient (Wildman–Crippen LogP) is 5.86. The minimum Gasteiger partial charge on any atom is -0.436 e. The van der Waals surface area contributed by atoms with Crippen LogP contribution in [0, 0.1) is 27.7 Å². The number of amides is 1. The fraction of sp³-hybridized carbons (Fsp3) is 0.160. The number of thiocarbonyl (C=S) groups is 1. The van der Waals surface area contributed by atoms with Crippen LogP contribution in [0.2, 0.25) is 0 Å². The lowest BCUT2D eigenvalue weighted by Crippen LogP contribution is -2.34. The number of benzene rings is 3. The Morgan fingerprint density at radius 3 is 2.35 bits per heavy atom. The highest BCUT2D eigenvalue weighted by molar-refractivity contribution is 7.80. The van der Waals surface area contributed by atoms with Crippen LogP contribution in [0.4, 0.5) is 5.69 Å². The number of hydrogen-bond donors (Lipinski definition) is 2. The molecule has 0 bridgehead atoms. The largest absolute Gasteiger partial charge is 0.436 e. The highest BCUT2D eigenvalue weighted by atomic mass is 32.1. The molecular formula is C25H23N3O2S. The van der Waals surface area contributed by atoms with Gasteiger partial charge in [0, 0.05) is 16.8 Å². The Kier molecular flexibility index (Phi) is 5.57. The molecule has 0 radical (unpaired) electrons. The van der Waals surface area contributed by atoms with E-state index in [0.29, 0.717) is 11.5 Å². The predicted molar refractivity (Wildman–Crippen MR) is 129 cm³/mol. The number of nitrogens with zero attached hydrogens (tertiary/aromatic N) is 1. The molecule has 1 heterocycles. The molecule has 3 aromatic carbocycles. The van der Waals surface area contributed by atoms with Crippen molar-refractivity contribution in [2.45, 2.75) is 27.7 Å². The lowest BCUT2D eigenvalue weighted by molar-refractivity contribution is 0.0977. The molecule has 0 unspecified atom stereocenters. The van der Waals surface area contributed by atoms with Crippen molar-refractivity contribution in [1.82, 2.24) is 10.3 Å². The standard InChI is InChI=1S/C25H23N3O2S/c1-14-5-8-18(9-6-14)23(29)28-25(31)27-20-13-19(10-7-15(20)2)24-26-21-11-16(3)17(4)12-22(21)30-24/h5-13H,1-4H3,(H2,27,28,29,31). The Labute approximate surface area is 186 Å². The van der Waals surface area contributed by atoms with E-state index in [1.54, 1.807) is 12.1 Å². The number of carbonyl (C=O) groups excluding carboxylic acids is 1. The molecule has 1 amide bonds. The summed E-state index contributed by atoms with van der Waals surface area (Å²) < 4.78 is 5.98. The number of fused-ring (bicyclic) bond motifs is 1. The van der Waals surface area contributed by atoms with Gasteiger partial charge in [0.15, 0.2) is 10.7 Å². The Morgan fingerprint density at radius 1 is 0.903 bits per heavy atom. The second-order valence-electron chi connectivity index (χ2n) is 7.73. The highest BCUT2D eigenvalue weighted by Crippen LogP contribution is 2.29. The number of aromatic nitrogens is 1. The first-order valence-electron chi connectivity index (χ1n) is 9.98. The van der Waals surface area contributed by atoms with Crippen LogP contribution in [0.25, 0.3) is 22.6 Å². The smallest absolute Gasteiger partial charge is 0.257 e. The third-order valence-electron chi connectivity index (χ3n) is 5.28. The van der Waals surface area contributed by atoms with E-state index in [-0.39, 0.29) is 11.0 Å². The fourth-order valence-electron chi connectivity index (χ4n) is 3.23. The summed E-state index contributed by atoms with van der Waals surface area (Å²) in [5.41, 5.74) is 8.16. The van der Waals surface area contributed by atoms with E-state index in [0.717, 1.165) is 39.0 Å². The van der Waals surface area contributed by atoms with E-state index < -0.39 is 0 Å². The molecule has 0 spiro atoms. The normalized spacial score (nSPS) is 10.8. The summed E-state index contributed by atoms with van der Waals surface area (Å²) in [6.07, 6.45) is 0. The molecule has 0 aliphatic carbocycles. The molecule has 0 atom stereocenters. The van der Waals surface area contributed by atoms with E-state index in [9.17, 15) is 4.79 Å². The van der Waals surface area contributed by atoms with Crippen molar-refractivity contribution >= 4 is 40.0 Å². The fourth-order valence-corrected chi connectivity index (χ4v) is 3.43. The molecule has 4 aromatic rings. The van der Waals surface area contributed by atoms with Gasteiger partial charge in [0.25, 0.3) is 5.91 Å². The Bertz CT molecular complexity index is 1270. The zero-order valence-electron chi connectivity index (χ0n) is 17.9. The molecule has 0 aliphatic heterocycles. The zero-order valence-corrected chi connectivity index (χ0v) is 18.7. The van der Waals surface area contributed by atoms with Gasteiger partial charge in [-0.15, -0.1) is 0 Å². The maximum absolute atomic E-state index is 12.4. The minimum absolute atomic E-state index is 0.231. The summed E-state index contributed by atoms with van der Waals surface area (Å²) in [5, 5.41) is 6.07. The molecule has 1 aromatic heterocycles. The summed E-state index contributed by atoms with van der Waals surface area (Å²) in [6.45, 7) is 8.05. The number of nitrogens with one attached hydrogen (secondary N) is 2. The van der Waals surface area contributed by atoms with Gasteiger partial charge in [-0.25, -0.2) is 4.98 Å². The van der Waals surface area contributed by atoms with Gasteiger partial charge in [-0.1, -0.05) is 23.8 Å². The van der Waals surface area contributed by atoms with Crippen LogP contribution in [-0.4, -0.2) is 16.0 Å². The molecule has 0 aliphatic rings. The number of carbonyl (C=O) groups is 1. The molecular weight excluding hydrogens is 406 g/mol. The van der Waals surface area contributed by atoms with Gasteiger partial charge in [-0.3, -0.25) is 10.1 Å². The van der Waals surface area contributed by atoms with Crippen molar-refractivity contribution in [3.8, 4) is 11.5 Å². The number of oxazole rings is 1. The molecule has 0 fully saturated rings. The minimum atomic E-state index is -0.254. The molecule has 31 heavy (non-hydrogen) atoms. The summed E-state index contributed by atoms with van der Waals surface area (Å²) >= 11 is 5.36. The van der Waals surface area contributed by atoms with Crippen molar-refractivity contribution in [2.24, 2.45) is 0 Å². The molecule has 0 saturated carbocycles. The van der Waals surface area contributed by atoms with Gasteiger partial charge in [-0.2, -0.15) is 0 Å². The Morgan fingerprint density at radius 2 is 1.61 bits per heavy atom. The first kappa shape index (κ1) is 20.8. The summed E-state index contributed by atoms with van der Waals surface area (Å²) in [5.74, 6) is 0.286. The maximum atomic E-state index is 12.4. The van der Waals surface area contributed by atoms with Crippen LogP contribution in [0.15, 0.2) is 59.0 Å². The third-order valence-corrected chi connectivity index (χ3v) is 5.48. The van der Waals surface area contributed by atoms with E-state index in [2.05, 4.69) is 29.5 Å². The summed E-state index contributed by atoms with van der Waals surface area (Å²) in [7, 11) is 0. The number of hydrogen-bond acceptors (Lipinski definition) is 4. The molecule has 4 rings (SSSR count). The Hall–Kier alpha value is -3.51. The number of aryl methyl sites for hydroxylation is 4.